The molecule has 0 fully saturated rings. The Morgan fingerprint density at radius 1 is 0.786 bits per heavy atom. The highest BCUT2D eigenvalue weighted by Crippen LogP contribution is 2.32. The summed E-state index contributed by atoms with van der Waals surface area (Å²) in [7, 11) is 0. The predicted molar refractivity (Wildman–Crippen MR) is 124 cm³/mol. The van der Waals surface area contributed by atoms with Crippen LogP contribution in [0.3, 0.4) is 0 Å². The molecule has 3 aromatic carbocycles. The van der Waals surface area contributed by atoms with Crippen LogP contribution in [-0.2, 0) is 6.54 Å². The van der Waals surface area contributed by atoms with Gasteiger partial charge in [0.15, 0.2) is 0 Å². The first-order valence-electron chi connectivity index (χ1n) is 10.3. The van der Waals surface area contributed by atoms with Gasteiger partial charge in [0.25, 0.3) is 0 Å². The van der Waals surface area contributed by atoms with E-state index >= 15 is 0 Å². The molecule has 28 heavy (non-hydrogen) atoms. The van der Waals surface area contributed by atoms with Gasteiger partial charge in [-0.3, -0.25) is 0 Å². The largest absolute Gasteiger partial charge is 0.372 e. The summed E-state index contributed by atoms with van der Waals surface area (Å²) in [5, 5.41) is 2.66. The third kappa shape index (κ3) is 3.20. The van der Waals surface area contributed by atoms with E-state index in [0.717, 1.165) is 19.6 Å². The summed E-state index contributed by atoms with van der Waals surface area (Å²) in [5.74, 6) is 0. The van der Waals surface area contributed by atoms with Crippen LogP contribution in [0.1, 0.15) is 31.9 Å². The van der Waals surface area contributed by atoms with Gasteiger partial charge in [0.1, 0.15) is 0 Å². The first kappa shape index (κ1) is 18.4. The molecule has 2 nitrogen and oxygen atoms in total. The number of para-hydroxylation sites is 2. The van der Waals surface area contributed by atoms with E-state index in [4.69, 9.17) is 0 Å². The number of anilines is 1. The molecule has 0 aliphatic heterocycles. The number of nitrogens with zero attached hydrogens (tertiary/aromatic N) is 2. The normalized spacial score (nSPS) is 11.7. The van der Waals surface area contributed by atoms with Crippen molar-refractivity contribution in [1.29, 1.82) is 0 Å². The summed E-state index contributed by atoms with van der Waals surface area (Å²) in [6.07, 6.45) is 4.49. The zero-order valence-electron chi connectivity index (χ0n) is 17.0. The van der Waals surface area contributed by atoms with Gasteiger partial charge in [-0.2, -0.15) is 0 Å². The summed E-state index contributed by atoms with van der Waals surface area (Å²) in [6.45, 7) is 9.65. The van der Waals surface area contributed by atoms with Crippen LogP contribution in [0.2, 0.25) is 0 Å². The van der Waals surface area contributed by atoms with E-state index in [2.05, 4.69) is 109 Å². The molecule has 142 valence electrons. The number of hydrogen-bond donors (Lipinski definition) is 0. The Balaban J connectivity index is 1.80. The Hall–Kier alpha value is -3.00. The van der Waals surface area contributed by atoms with Crippen molar-refractivity contribution in [2.75, 3.05) is 18.0 Å². The fraction of sp³-hybridized carbons (Fsp3) is 0.231. The van der Waals surface area contributed by atoms with E-state index in [1.807, 2.05) is 0 Å². The summed E-state index contributed by atoms with van der Waals surface area (Å²) in [4.78, 5) is 2.38. The van der Waals surface area contributed by atoms with Gasteiger partial charge in [-0.05, 0) is 50.1 Å². The highest BCUT2D eigenvalue weighted by Gasteiger charge is 2.11. The van der Waals surface area contributed by atoms with Gasteiger partial charge in [0.05, 0.1) is 5.52 Å². The minimum atomic E-state index is 0.965. The molecule has 0 N–H and O–H groups in total. The second-order valence-corrected chi connectivity index (χ2v) is 7.11. The lowest BCUT2D eigenvalue weighted by molar-refractivity contribution is 0.826. The Morgan fingerprint density at radius 3 is 2.32 bits per heavy atom. The Morgan fingerprint density at radius 2 is 1.54 bits per heavy atom. The number of hydrogen-bond acceptors (Lipinski definition) is 1. The molecular weight excluding hydrogens is 340 g/mol. The second-order valence-electron chi connectivity index (χ2n) is 7.11. The average Bonchev–Trinajstić information content (AvgIpc) is 3.08. The molecule has 4 aromatic rings. The molecule has 0 radical (unpaired) electrons. The van der Waals surface area contributed by atoms with Crippen LogP contribution in [0.25, 0.3) is 34.0 Å². The lowest BCUT2D eigenvalue weighted by Gasteiger charge is -2.21. The van der Waals surface area contributed by atoms with Crippen molar-refractivity contribution in [3.05, 3.63) is 77.9 Å². The van der Waals surface area contributed by atoms with Crippen LogP contribution in [0.4, 0.5) is 5.69 Å². The predicted octanol–water partition coefficient (Wildman–Crippen LogP) is 6.83. The fourth-order valence-electron chi connectivity index (χ4n) is 4.20. The standard InChI is InChI=1S/C26H28N2/c1-4-27(5-2)22-13-9-11-20(19-22)17-18-21-12-10-15-24-23-14-7-8-16-25(23)28(6-3)26(21)24/h7-19H,4-6H2,1-3H3/b18-17+. The third-order valence-corrected chi connectivity index (χ3v) is 5.59. The maximum Gasteiger partial charge on any atom is 0.0564 e. The summed E-state index contributed by atoms with van der Waals surface area (Å²) in [6, 6.07) is 24.1. The minimum Gasteiger partial charge on any atom is -0.372 e. The van der Waals surface area contributed by atoms with Crippen molar-refractivity contribution < 1.29 is 0 Å². The monoisotopic (exact) mass is 368 g/mol. The van der Waals surface area contributed by atoms with Crippen LogP contribution >= 0.6 is 0 Å². The number of benzene rings is 3. The quantitative estimate of drug-likeness (QED) is 0.339. The molecule has 2 heteroatoms. The van der Waals surface area contributed by atoms with Gasteiger partial charge in [0.2, 0.25) is 0 Å². The molecule has 4 rings (SSSR count). The molecule has 0 saturated carbocycles. The van der Waals surface area contributed by atoms with Gasteiger partial charge in [-0.1, -0.05) is 60.7 Å². The Bertz CT molecular complexity index is 1130. The summed E-state index contributed by atoms with van der Waals surface area (Å²) in [5.41, 5.74) is 6.42. The van der Waals surface area contributed by atoms with Crippen molar-refractivity contribution in [3.63, 3.8) is 0 Å². The highest BCUT2D eigenvalue weighted by atomic mass is 15.1. The zero-order valence-corrected chi connectivity index (χ0v) is 17.0. The zero-order chi connectivity index (χ0) is 19.5. The SMILES string of the molecule is CCN(CC)c1cccc(/C=C/c2cccc3c4ccccc4n(CC)c23)c1. The molecule has 0 aliphatic carbocycles. The molecular formula is C26H28N2. The van der Waals surface area contributed by atoms with Crippen molar-refractivity contribution in [3.8, 4) is 0 Å². The van der Waals surface area contributed by atoms with E-state index in [-0.39, 0.29) is 0 Å². The third-order valence-electron chi connectivity index (χ3n) is 5.59. The van der Waals surface area contributed by atoms with Gasteiger partial charge in [0, 0.05) is 41.6 Å². The van der Waals surface area contributed by atoms with Gasteiger partial charge in [-0.15, -0.1) is 0 Å². The smallest absolute Gasteiger partial charge is 0.0564 e. The van der Waals surface area contributed by atoms with E-state index in [1.165, 1.54) is 38.6 Å². The van der Waals surface area contributed by atoms with Crippen molar-refractivity contribution in [1.82, 2.24) is 4.57 Å². The first-order valence-corrected chi connectivity index (χ1v) is 10.3. The molecule has 1 aromatic heterocycles. The summed E-state index contributed by atoms with van der Waals surface area (Å²) >= 11 is 0. The molecule has 0 atom stereocenters. The highest BCUT2D eigenvalue weighted by molar-refractivity contribution is 6.10. The summed E-state index contributed by atoms with van der Waals surface area (Å²) < 4.78 is 2.43. The molecule has 0 spiro atoms. The lowest BCUT2D eigenvalue weighted by Crippen LogP contribution is -2.21. The Kier molecular flexibility index (Phi) is 5.21. The van der Waals surface area contributed by atoms with Crippen molar-refractivity contribution in [2.24, 2.45) is 0 Å². The Labute approximate surface area is 167 Å². The van der Waals surface area contributed by atoms with Crippen LogP contribution in [0, 0.1) is 0 Å². The second kappa shape index (κ2) is 7.93. The van der Waals surface area contributed by atoms with E-state index in [0.29, 0.717) is 0 Å². The molecule has 1 heterocycles. The average molecular weight is 369 g/mol. The van der Waals surface area contributed by atoms with E-state index in [1.54, 1.807) is 0 Å². The van der Waals surface area contributed by atoms with Crippen LogP contribution in [-0.4, -0.2) is 17.7 Å². The van der Waals surface area contributed by atoms with Crippen LogP contribution in [0.15, 0.2) is 66.7 Å². The minimum absolute atomic E-state index is 0.965. The van der Waals surface area contributed by atoms with E-state index in [9.17, 15) is 0 Å². The molecule has 0 aliphatic rings. The van der Waals surface area contributed by atoms with Crippen LogP contribution < -0.4 is 4.90 Å². The van der Waals surface area contributed by atoms with Gasteiger partial charge < -0.3 is 9.47 Å². The topological polar surface area (TPSA) is 8.17 Å². The fourth-order valence-corrected chi connectivity index (χ4v) is 4.20. The first-order chi connectivity index (χ1) is 13.8. The van der Waals surface area contributed by atoms with Crippen molar-refractivity contribution in [2.45, 2.75) is 27.3 Å². The van der Waals surface area contributed by atoms with Crippen molar-refractivity contribution >= 4 is 39.6 Å². The number of rotatable bonds is 6. The maximum absolute atomic E-state index is 2.43. The van der Waals surface area contributed by atoms with Gasteiger partial charge in [-0.25, -0.2) is 0 Å². The molecule has 0 unspecified atom stereocenters. The molecule has 0 saturated heterocycles. The van der Waals surface area contributed by atoms with Crippen LogP contribution in [0.5, 0.6) is 0 Å². The van der Waals surface area contributed by atoms with Gasteiger partial charge >= 0.3 is 0 Å². The maximum atomic E-state index is 2.43. The number of fused-ring (bicyclic) bond motifs is 3. The molecule has 0 amide bonds. The lowest BCUT2D eigenvalue weighted by atomic mass is 10.1. The number of aromatic nitrogens is 1. The number of aryl methyl sites for hydroxylation is 1. The molecule has 0 bridgehead atoms. The van der Waals surface area contributed by atoms with E-state index < -0.39 is 0 Å².